The monoisotopic (exact) mass is 272 g/mol. The maximum Gasteiger partial charge on any atom is 0.186 e. The molecule has 5 heteroatoms. The lowest BCUT2D eigenvalue weighted by Gasteiger charge is -2.00. The molecule has 96 valence electrons. The van der Waals surface area contributed by atoms with Gasteiger partial charge >= 0.3 is 0 Å². The van der Waals surface area contributed by atoms with E-state index in [1.807, 2.05) is 31.2 Å². The summed E-state index contributed by atoms with van der Waals surface area (Å²) >= 11 is 1.39. The van der Waals surface area contributed by atoms with E-state index in [9.17, 15) is 4.79 Å². The number of nitrogens with zero attached hydrogens (tertiary/aromatic N) is 2. The van der Waals surface area contributed by atoms with Crippen molar-refractivity contribution in [3.63, 3.8) is 0 Å². The van der Waals surface area contributed by atoms with Crippen LogP contribution in [-0.4, -0.2) is 21.5 Å². The van der Waals surface area contributed by atoms with Gasteiger partial charge in [-0.05, 0) is 26.0 Å². The molecule has 0 radical (unpaired) electrons. The summed E-state index contributed by atoms with van der Waals surface area (Å²) in [5.41, 5.74) is 2.27. The van der Waals surface area contributed by atoms with Crippen molar-refractivity contribution < 1.29 is 9.21 Å². The SMILES string of the molecule is CC(=O)CSc1nc(C)nc2c1oc1ccccc12. The van der Waals surface area contributed by atoms with Crippen LogP contribution in [0.3, 0.4) is 0 Å². The maximum absolute atomic E-state index is 11.1. The molecule has 0 aliphatic rings. The normalized spacial score (nSPS) is 11.3. The van der Waals surface area contributed by atoms with Crippen molar-refractivity contribution in [2.45, 2.75) is 18.9 Å². The smallest absolute Gasteiger partial charge is 0.186 e. The van der Waals surface area contributed by atoms with Gasteiger partial charge in [-0.3, -0.25) is 4.79 Å². The van der Waals surface area contributed by atoms with E-state index in [0.29, 0.717) is 17.2 Å². The Kier molecular flexibility index (Phi) is 2.98. The predicted octanol–water partition coefficient (Wildman–Crippen LogP) is 3.37. The molecule has 0 fully saturated rings. The van der Waals surface area contributed by atoms with Gasteiger partial charge in [0.25, 0.3) is 0 Å². The van der Waals surface area contributed by atoms with Crippen molar-refractivity contribution in [2.75, 3.05) is 5.75 Å². The van der Waals surface area contributed by atoms with Gasteiger partial charge in [0.2, 0.25) is 0 Å². The Morgan fingerprint density at radius 3 is 2.89 bits per heavy atom. The van der Waals surface area contributed by atoms with Gasteiger partial charge in [0.15, 0.2) is 5.58 Å². The second-order valence-corrected chi connectivity index (χ2v) is 5.31. The second-order valence-electron chi connectivity index (χ2n) is 4.34. The molecule has 0 atom stereocenters. The molecule has 2 aromatic heterocycles. The van der Waals surface area contributed by atoms with E-state index in [1.165, 1.54) is 11.8 Å². The van der Waals surface area contributed by atoms with Gasteiger partial charge in [-0.25, -0.2) is 9.97 Å². The minimum absolute atomic E-state index is 0.116. The summed E-state index contributed by atoms with van der Waals surface area (Å²) in [7, 11) is 0. The van der Waals surface area contributed by atoms with Crippen molar-refractivity contribution in [3.8, 4) is 0 Å². The number of furan rings is 1. The summed E-state index contributed by atoms with van der Waals surface area (Å²) in [6.07, 6.45) is 0. The Labute approximate surface area is 114 Å². The topological polar surface area (TPSA) is 56.0 Å². The number of aryl methyl sites for hydroxylation is 1. The Bertz CT molecular complexity index is 780. The summed E-state index contributed by atoms with van der Waals surface area (Å²) in [4.78, 5) is 19.9. The van der Waals surface area contributed by atoms with Gasteiger partial charge < -0.3 is 4.42 Å². The van der Waals surface area contributed by atoms with Gasteiger partial charge in [0.05, 0.1) is 5.75 Å². The zero-order valence-corrected chi connectivity index (χ0v) is 11.5. The number of ketones is 1. The molecule has 3 rings (SSSR count). The number of Topliss-reactive ketones (excluding diaryl/α,β-unsaturated/α-hetero) is 1. The summed E-state index contributed by atoms with van der Waals surface area (Å²) in [5.74, 6) is 1.19. The van der Waals surface area contributed by atoms with E-state index in [1.54, 1.807) is 6.92 Å². The molecule has 3 aromatic rings. The van der Waals surface area contributed by atoms with Gasteiger partial charge in [-0.2, -0.15) is 0 Å². The highest BCUT2D eigenvalue weighted by Crippen LogP contribution is 2.32. The lowest BCUT2D eigenvalue weighted by atomic mass is 10.2. The number of para-hydroxylation sites is 1. The first-order valence-electron chi connectivity index (χ1n) is 5.93. The van der Waals surface area contributed by atoms with Crippen LogP contribution in [0.4, 0.5) is 0 Å². The lowest BCUT2D eigenvalue weighted by Crippen LogP contribution is -1.96. The molecule has 1 aromatic carbocycles. The zero-order valence-electron chi connectivity index (χ0n) is 10.6. The first-order valence-corrected chi connectivity index (χ1v) is 6.92. The highest BCUT2D eigenvalue weighted by atomic mass is 32.2. The van der Waals surface area contributed by atoms with Crippen LogP contribution >= 0.6 is 11.8 Å². The largest absolute Gasteiger partial charge is 0.451 e. The van der Waals surface area contributed by atoms with E-state index in [0.717, 1.165) is 21.5 Å². The predicted molar refractivity (Wildman–Crippen MR) is 75.5 cm³/mol. The molecule has 0 aliphatic heterocycles. The first kappa shape index (κ1) is 12.2. The molecule has 0 aliphatic carbocycles. The van der Waals surface area contributed by atoms with Crippen LogP contribution in [-0.2, 0) is 4.79 Å². The Balaban J connectivity index is 2.23. The third-order valence-corrected chi connectivity index (χ3v) is 3.81. The van der Waals surface area contributed by atoms with Gasteiger partial charge in [-0.1, -0.05) is 23.9 Å². The second kappa shape index (κ2) is 4.66. The molecule has 0 bridgehead atoms. The van der Waals surface area contributed by atoms with Crippen molar-refractivity contribution in [1.82, 2.24) is 9.97 Å². The third kappa shape index (κ3) is 2.21. The molecule has 0 spiro atoms. The summed E-state index contributed by atoms with van der Waals surface area (Å²) < 4.78 is 5.81. The molecule has 4 nitrogen and oxygen atoms in total. The lowest BCUT2D eigenvalue weighted by molar-refractivity contribution is -0.114. The van der Waals surface area contributed by atoms with Crippen LogP contribution in [0.5, 0.6) is 0 Å². The fourth-order valence-corrected chi connectivity index (χ4v) is 2.75. The number of hydrogen-bond acceptors (Lipinski definition) is 5. The number of rotatable bonds is 3. The quantitative estimate of drug-likeness (QED) is 0.540. The molecule has 0 amide bonds. The molecule has 2 heterocycles. The molecular weight excluding hydrogens is 260 g/mol. The van der Waals surface area contributed by atoms with Crippen molar-refractivity contribution in [2.24, 2.45) is 0 Å². The summed E-state index contributed by atoms with van der Waals surface area (Å²) in [5, 5.41) is 1.71. The molecule has 0 saturated heterocycles. The average Bonchev–Trinajstić information content (AvgIpc) is 2.75. The van der Waals surface area contributed by atoms with Crippen LogP contribution in [0.2, 0.25) is 0 Å². The molecule has 0 unspecified atom stereocenters. The van der Waals surface area contributed by atoms with Crippen LogP contribution in [0.25, 0.3) is 22.1 Å². The zero-order chi connectivity index (χ0) is 13.4. The van der Waals surface area contributed by atoms with Gasteiger partial charge in [0, 0.05) is 5.39 Å². The molecule has 0 saturated carbocycles. The van der Waals surface area contributed by atoms with Crippen LogP contribution in [0.15, 0.2) is 33.7 Å². The number of benzene rings is 1. The number of fused-ring (bicyclic) bond motifs is 3. The minimum Gasteiger partial charge on any atom is -0.451 e. The van der Waals surface area contributed by atoms with Crippen LogP contribution in [0.1, 0.15) is 12.7 Å². The van der Waals surface area contributed by atoms with E-state index >= 15 is 0 Å². The molecule has 19 heavy (non-hydrogen) atoms. The van der Waals surface area contributed by atoms with E-state index in [4.69, 9.17) is 4.42 Å². The number of aromatic nitrogens is 2. The number of carbonyl (C=O) groups excluding carboxylic acids is 1. The fraction of sp³-hybridized carbons (Fsp3) is 0.214. The summed E-state index contributed by atoms with van der Waals surface area (Å²) in [6.45, 7) is 3.41. The van der Waals surface area contributed by atoms with Crippen molar-refractivity contribution >= 4 is 39.6 Å². The third-order valence-electron chi connectivity index (χ3n) is 2.71. The van der Waals surface area contributed by atoms with Crippen molar-refractivity contribution in [3.05, 3.63) is 30.1 Å². The average molecular weight is 272 g/mol. The van der Waals surface area contributed by atoms with Crippen LogP contribution in [0, 0.1) is 6.92 Å². The number of hydrogen-bond donors (Lipinski definition) is 0. The highest BCUT2D eigenvalue weighted by molar-refractivity contribution is 8.00. The Morgan fingerprint density at radius 1 is 1.32 bits per heavy atom. The standard InChI is InChI=1S/C14H12N2O2S/c1-8(17)7-19-14-13-12(15-9(2)16-14)10-5-3-4-6-11(10)18-13/h3-6H,7H2,1-2H3. The minimum atomic E-state index is 0.116. The van der Waals surface area contributed by atoms with Crippen LogP contribution < -0.4 is 0 Å². The van der Waals surface area contributed by atoms with E-state index < -0.39 is 0 Å². The maximum atomic E-state index is 11.1. The van der Waals surface area contributed by atoms with Crippen molar-refractivity contribution in [1.29, 1.82) is 0 Å². The van der Waals surface area contributed by atoms with Gasteiger partial charge in [-0.15, -0.1) is 0 Å². The highest BCUT2D eigenvalue weighted by Gasteiger charge is 2.14. The number of thioether (sulfide) groups is 1. The van der Waals surface area contributed by atoms with E-state index in [-0.39, 0.29) is 5.78 Å². The van der Waals surface area contributed by atoms with Gasteiger partial charge in [0.1, 0.15) is 27.7 Å². The summed E-state index contributed by atoms with van der Waals surface area (Å²) in [6, 6.07) is 7.77. The Hall–Kier alpha value is -1.88. The number of carbonyl (C=O) groups is 1. The first-order chi connectivity index (χ1) is 9.15. The fourth-order valence-electron chi connectivity index (χ4n) is 1.94. The molecule has 0 N–H and O–H groups in total. The Morgan fingerprint density at radius 2 is 2.11 bits per heavy atom. The molecular formula is C14H12N2O2S. The van der Waals surface area contributed by atoms with E-state index in [2.05, 4.69) is 9.97 Å².